The monoisotopic (exact) mass is 267 g/mol. The van der Waals surface area contributed by atoms with Crippen LogP contribution in [0.15, 0.2) is 23.2 Å². The Hall–Kier alpha value is -1.14. The lowest BCUT2D eigenvalue weighted by molar-refractivity contribution is 0.389. The van der Waals surface area contributed by atoms with Gasteiger partial charge in [-0.05, 0) is 37.7 Å². The van der Waals surface area contributed by atoms with Crippen molar-refractivity contribution in [3.05, 3.63) is 18.3 Å². The number of aromatic nitrogens is 1. The third-order valence-corrected chi connectivity index (χ3v) is 5.36. The van der Waals surface area contributed by atoms with Crippen LogP contribution in [-0.4, -0.2) is 30.3 Å². The lowest BCUT2D eigenvalue weighted by atomic mass is 10.4. The van der Waals surface area contributed by atoms with Crippen molar-refractivity contribution in [1.82, 2.24) is 9.29 Å². The van der Waals surface area contributed by atoms with Crippen LogP contribution in [0, 0.1) is 5.92 Å². The fraction of sp³-hybridized carbons (Fsp3) is 0.583. The van der Waals surface area contributed by atoms with Crippen molar-refractivity contribution in [1.29, 1.82) is 0 Å². The third kappa shape index (κ3) is 2.35. The van der Waals surface area contributed by atoms with Crippen LogP contribution in [0.1, 0.15) is 25.7 Å². The highest BCUT2D eigenvalue weighted by Gasteiger charge is 2.41. The molecule has 2 saturated carbocycles. The van der Waals surface area contributed by atoms with Gasteiger partial charge in [-0.1, -0.05) is 0 Å². The number of rotatable bonds is 5. The van der Waals surface area contributed by atoms with Gasteiger partial charge in [-0.2, -0.15) is 4.31 Å². The van der Waals surface area contributed by atoms with Crippen LogP contribution in [0.5, 0.6) is 0 Å². The molecule has 0 amide bonds. The van der Waals surface area contributed by atoms with Crippen LogP contribution in [0.3, 0.4) is 0 Å². The van der Waals surface area contributed by atoms with Crippen LogP contribution in [-0.2, 0) is 10.0 Å². The first-order valence-corrected chi connectivity index (χ1v) is 7.75. The molecule has 3 rings (SSSR count). The summed E-state index contributed by atoms with van der Waals surface area (Å²) in [6.45, 7) is 0.662. The molecule has 18 heavy (non-hydrogen) atoms. The van der Waals surface area contributed by atoms with Gasteiger partial charge in [-0.25, -0.2) is 13.4 Å². The van der Waals surface area contributed by atoms with E-state index in [4.69, 9.17) is 5.73 Å². The molecule has 0 bridgehead atoms. The third-order valence-electron chi connectivity index (χ3n) is 3.45. The molecule has 1 aromatic rings. The fourth-order valence-corrected chi connectivity index (χ4v) is 3.87. The molecule has 0 spiro atoms. The van der Waals surface area contributed by atoms with Gasteiger partial charge in [-0.3, -0.25) is 0 Å². The predicted molar refractivity (Wildman–Crippen MR) is 68.3 cm³/mol. The number of pyridine rings is 1. The summed E-state index contributed by atoms with van der Waals surface area (Å²) in [4.78, 5) is 4.11. The van der Waals surface area contributed by atoms with Crippen molar-refractivity contribution >= 4 is 15.8 Å². The zero-order chi connectivity index (χ0) is 12.8. The average Bonchev–Trinajstić information content (AvgIpc) is 3.18. The maximum absolute atomic E-state index is 12.6. The minimum absolute atomic E-state index is 0.199. The van der Waals surface area contributed by atoms with Gasteiger partial charge in [0.05, 0.1) is 4.90 Å². The number of nitrogens with two attached hydrogens (primary N) is 1. The summed E-state index contributed by atoms with van der Waals surface area (Å²) >= 11 is 0. The molecule has 0 aliphatic heterocycles. The van der Waals surface area contributed by atoms with Crippen LogP contribution in [0.25, 0.3) is 0 Å². The summed E-state index contributed by atoms with van der Waals surface area (Å²) < 4.78 is 26.8. The van der Waals surface area contributed by atoms with Crippen LogP contribution < -0.4 is 5.73 Å². The summed E-state index contributed by atoms with van der Waals surface area (Å²) in [6.07, 6.45) is 5.71. The second-order valence-corrected chi connectivity index (χ2v) is 7.06. The predicted octanol–water partition coefficient (Wildman–Crippen LogP) is 1.23. The maximum atomic E-state index is 12.6. The van der Waals surface area contributed by atoms with Gasteiger partial charge in [0.15, 0.2) is 0 Å². The van der Waals surface area contributed by atoms with E-state index in [2.05, 4.69) is 4.98 Å². The molecule has 0 radical (unpaired) electrons. The maximum Gasteiger partial charge on any atom is 0.243 e. The molecule has 2 aliphatic rings. The summed E-state index contributed by atoms with van der Waals surface area (Å²) in [7, 11) is -3.40. The average molecular weight is 267 g/mol. The highest BCUT2D eigenvalue weighted by molar-refractivity contribution is 7.89. The van der Waals surface area contributed by atoms with Crippen molar-refractivity contribution in [2.24, 2.45) is 5.92 Å². The number of sulfonamides is 1. The van der Waals surface area contributed by atoms with E-state index in [9.17, 15) is 8.42 Å². The van der Waals surface area contributed by atoms with Gasteiger partial charge in [-0.15, -0.1) is 0 Å². The van der Waals surface area contributed by atoms with E-state index in [1.165, 1.54) is 18.3 Å². The highest BCUT2D eigenvalue weighted by Crippen LogP contribution is 2.38. The zero-order valence-electron chi connectivity index (χ0n) is 10.1. The van der Waals surface area contributed by atoms with E-state index >= 15 is 0 Å². The smallest absolute Gasteiger partial charge is 0.243 e. The largest absolute Gasteiger partial charge is 0.384 e. The number of nitrogens with zero attached hydrogens (tertiary/aromatic N) is 2. The lowest BCUT2D eigenvalue weighted by Crippen LogP contribution is -2.35. The fourth-order valence-electron chi connectivity index (χ4n) is 2.08. The normalized spacial score (nSPS) is 20.3. The first kappa shape index (κ1) is 11.9. The molecule has 2 N–H and O–H groups in total. The Morgan fingerprint density at radius 1 is 1.33 bits per heavy atom. The molecule has 1 aromatic heterocycles. The summed E-state index contributed by atoms with van der Waals surface area (Å²) in [6, 6.07) is 3.16. The lowest BCUT2D eigenvalue weighted by Gasteiger charge is -2.21. The van der Waals surface area contributed by atoms with Crippen molar-refractivity contribution in [3.8, 4) is 0 Å². The number of hydrogen-bond acceptors (Lipinski definition) is 4. The Bertz CT molecular complexity index is 550. The quantitative estimate of drug-likeness (QED) is 0.870. The van der Waals surface area contributed by atoms with Crippen LogP contribution in [0.4, 0.5) is 5.82 Å². The van der Waals surface area contributed by atoms with Gasteiger partial charge in [0.25, 0.3) is 0 Å². The summed E-state index contributed by atoms with van der Waals surface area (Å²) in [5, 5.41) is 0. The van der Waals surface area contributed by atoms with Crippen LogP contribution in [0.2, 0.25) is 0 Å². The first-order valence-electron chi connectivity index (χ1n) is 6.31. The Labute approximate surface area is 107 Å². The van der Waals surface area contributed by atoms with Crippen molar-refractivity contribution < 1.29 is 8.42 Å². The van der Waals surface area contributed by atoms with Crippen molar-refractivity contribution in [3.63, 3.8) is 0 Å². The van der Waals surface area contributed by atoms with Crippen molar-refractivity contribution in [2.75, 3.05) is 12.3 Å². The molecule has 6 heteroatoms. The van der Waals surface area contributed by atoms with E-state index in [1.54, 1.807) is 4.31 Å². The van der Waals surface area contributed by atoms with Crippen molar-refractivity contribution in [2.45, 2.75) is 36.6 Å². The second-order valence-electron chi connectivity index (χ2n) is 5.17. The number of hydrogen-bond donors (Lipinski definition) is 1. The standard InChI is InChI=1S/C12H17N3O2S/c13-12-7-11(5-6-14-12)18(16,17)15(10-3-4-10)8-9-1-2-9/h5-7,9-10H,1-4,8H2,(H2,13,14). The molecule has 2 aliphatic carbocycles. The van der Waals surface area contributed by atoms with E-state index in [1.807, 2.05) is 0 Å². The van der Waals surface area contributed by atoms with E-state index in [0.717, 1.165) is 25.7 Å². The molecule has 0 unspecified atom stereocenters. The van der Waals surface area contributed by atoms with Gasteiger partial charge in [0.1, 0.15) is 5.82 Å². The molecule has 2 fully saturated rings. The number of anilines is 1. The highest BCUT2D eigenvalue weighted by atomic mass is 32.2. The second kappa shape index (κ2) is 4.20. The Balaban J connectivity index is 1.90. The van der Waals surface area contributed by atoms with Gasteiger partial charge >= 0.3 is 0 Å². The van der Waals surface area contributed by atoms with Gasteiger partial charge in [0.2, 0.25) is 10.0 Å². The topological polar surface area (TPSA) is 76.3 Å². The van der Waals surface area contributed by atoms with Crippen LogP contribution >= 0.6 is 0 Å². The SMILES string of the molecule is Nc1cc(S(=O)(=O)N(CC2CC2)C2CC2)ccn1. The number of nitrogen functional groups attached to an aromatic ring is 1. The Kier molecular flexibility index (Phi) is 2.79. The van der Waals surface area contributed by atoms with Gasteiger partial charge < -0.3 is 5.73 Å². The Morgan fingerprint density at radius 2 is 2.06 bits per heavy atom. The molecular weight excluding hydrogens is 250 g/mol. The molecule has 0 aromatic carbocycles. The minimum atomic E-state index is -3.40. The summed E-state index contributed by atoms with van der Waals surface area (Å²) in [5.41, 5.74) is 5.57. The van der Waals surface area contributed by atoms with E-state index in [-0.39, 0.29) is 16.8 Å². The van der Waals surface area contributed by atoms with E-state index in [0.29, 0.717) is 12.5 Å². The Morgan fingerprint density at radius 3 is 2.61 bits per heavy atom. The molecule has 0 saturated heterocycles. The molecule has 0 atom stereocenters. The molecular formula is C12H17N3O2S. The zero-order valence-corrected chi connectivity index (χ0v) is 10.9. The van der Waals surface area contributed by atoms with Gasteiger partial charge in [0, 0.05) is 24.8 Å². The first-order chi connectivity index (χ1) is 8.57. The molecule has 1 heterocycles. The van der Waals surface area contributed by atoms with E-state index < -0.39 is 10.0 Å². The molecule has 5 nitrogen and oxygen atoms in total. The summed E-state index contributed by atoms with van der Waals surface area (Å²) in [5.74, 6) is 0.804. The molecule has 98 valence electrons. The minimum Gasteiger partial charge on any atom is -0.384 e.